The molecule has 0 spiro atoms. The van der Waals surface area contributed by atoms with Crippen molar-refractivity contribution in [3.05, 3.63) is 24.0 Å². The number of nitrogens with zero attached hydrogens (tertiary/aromatic N) is 2. The highest BCUT2D eigenvalue weighted by Gasteiger charge is 2.20. The van der Waals surface area contributed by atoms with Crippen LogP contribution in [0, 0.1) is 0 Å². The van der Waals surface area contributed by atoms with Gasteiger partial charge in [-0.2, -0.15) is 0 Å². The molecule has 0 aliphatic carbocycles. The van der Waals surface area contributed by atoms with Gasteiger partial charge in [-0.1, -0.05) is 6.92 Å². The molecule has 1 atom stereocenters. The minimum absolute atomic E-state index is 0.338. The summed E-state index contributed by atoms with van der Waals surface area (Å²) in [6.45, 7) is 4.83. The van der Waals surface area contributed by atoms with Gasteiger partial charge in [-0.25, -0.2) is 0 Å². The van der Waals surface area contributed by atoms with Crippen molar-refractivity contribution in [1.82, 2.24) is 4.98 Å². The Balaban J connectivity index is 2.16. The molecule has 2 heterocycles. The summed E-state index contributed by atoms with van der Waals surface area (Å²) in [5.41, 5.74) is 2.30. The minimum atomic E-state index is 0.338. The summed E-state index contributed by atoms with van der Waals surface area (Å²) in [5, 5.41) is 0. The van der Waals surface area contributed by atoms with Crippen molar-refractivity contribution >= 4 is 17.3 Å². The van der Waals surface area contributed by atoms with E-state index in [2.05, 4.69) is 16.8 Å². The first-order valence-corrected chi connectivity index (χ1v) is 6.24. The molecule has 0 N–H and O–H groups in total. The molecule has 1 aromatic rings. The largest absolute Gasteiger partial charge is 0.375 e. The molecule has 1 saturated heterocycles. The molecule has 1 aliphatic rings. The van der Waals surface area contributed by atoms with Crippen LogP contribution in [0.5, 0.6) is 0 Å². The molecule has 0 bridgehead atoms. The van der Waals surface area contributed by atoms with Crippen molar-refractivity contribution in [3.63, 3.8) is 0 Å². The van der Waals surface area contributed by atoms with Gasteiger partial charge in [0.05, 0.1) is 18.6 Å². The van der Waals surface area contributed by atoms with Crippen molar-refractivity contribution in [2.75, 3.05) is 24.6 Å². The summed E-state index contributed by atoms with van der Waals surface area (Å²) in [7, 11) is 0. The smallest absolute Gasteiger partial charge is 0.0748 e. The Morgan fingerprint density at radius 1 is 1.62 bits per heavy atom. The fourth-order valence-electron chi connectivity index (χ4n) is 2.02. The fourth-order valence-corrected chi connectivity index (χ4v) is 2.22. The lowest BCUT2D eigenvalue weighted by molar-refractivity contribution is 0.0384. The summed E-state index contributed by atoms with van der Waals surface area (Å²) in [6, 6.07) is 2.04. The second-order valence-corrected chi connectivity index (χ2v) is 4.25. The summed E-state index contributed by atoms with van der Waals surface area (Å²) < 4.78 is 5.66. The molecule has 3 nitrogen and oxygen atoms in total. The van der Waals surface area contributed by atoms with E-state index in [0.717, 1.165) is 31.7 Å². The Hall–Kier alpha value is -0.800. The lowest BCUT2D eigenvalue weighted by Gasteiger charge is -2.35. The predicted octanol–water partition coefficient (Wildman–Crippen LogP) is 2.44. The fraction of sp³-hybridized carbons (Fsp3) is 0.583. The average molecular weight is 241 g/mol. The van der Waals surface area contributed by atoms with Gasteiger partial charge < -0.3 is 9.64 Å². The molecule has 1 aromatic heterocycles. The standard InChI is InChI=1S/C12H17ClN2O/c1-2-11-9-15(5-6-16-11)12-3-4-14-8-10(12)7-13/h3-4,8,11H,2,5-7,9H2,1H3. The first-order valence-electron chi connectivity index (χ1n) is 5.70. The van der Waals surface area contributed by atoms with E-state index in [0.29, 0.717) is 12.0 Å². The molecule has 4 heteroatoms. The van der Waals surface area contributed by atoms with Crippen LogP contribution in [0.25, 0.3) is 0 Å². The van der Waals surface area contributed by atoms with Crippen LogP contribution in [0.1, 0.15) is 18.9 Å². The van der Waals surface area contributed by atoms with E-state index >= 15 is 0 Å². The Morgan fingerprint density at radius 3 is 3.25 bits per heavy atom. The van der Waals surface area contributed by atoms with Crippen molar-refractivity contribution in [1.29, 1.82) is 0 Å². The second-order valence-electron chi connectivity index (χ2n) is 3.99. The van der Waals surface area contributed by atoms with E-state index in [4.69, 9.17) is 16.3 Å². The van der Waals surface area contributed by atoms with Crippen LogP contribution in [0.15, 0.2) is 18.5 Å². The number of pyridine rings is 1. The van der Waals surface area contributed by atoms with Crippen LogP contribution in [0.3, 0.4) is 0 Å². The number of hydrogen-bond donors (Lipinski definition) is 0. The molecule has 0 aromatic carbocycles. The molecule has 0 amide bonds. The maximum Gasteiger partial charge on any atom is 0.0748 e. The van der Waals surface area contributed by atoms with Crippen molar-refractivity contribution in [3.8, 4) is 0 Å². The predicted molar refractivity (Wildman–Crippen MR) is 66.0 cm³/mol. The van der Waals surface area contributed by atoms with Gasteiger partial charge in [-0.05, 0) is 12.5 Å². The van der Waals surface area contributed by atoms with Gasteiger partial charge in [0.2, 0.25) is 0 Å². The van der Waals surface area contributed by atoms with E-state index in [1.807, 2.05) is 18.5 Å². The zero-order chi connectivity index (χ0) is 11.4. The first kappa shape index (κ1) is 11.7. The highest BCUT2D eigenvalue weighted by atomic mass is 35.5. The third kappa shape index (κ3) is 2.47. The second kappa shape index (κ2) is 5.51. The van der Waals surface area contributed by atoms with Crippen LogP contribution < -0.4 is 4.90 Å². The number of rotatable bonds is 3. The topological polar surface area (TPSA) is 25.4 Å². The zero-order valence-electron chi connectivity index (χ0n) is 9.53. The molecule has 16 heavy (non-hydrogen) atoms. The monoisotopic (exact) mass is 240 g/mol. The van der Waals surface area contributed by atoms with Gasteiger partial charge >= 0.3 is 0 Å². The number of halogens is 1. The lowest BCUT2D eigenvalue weighted by atomic mass is 10.1. The van der Waals surface area contributed by atoms with Crippen LogP contribution in [0.2, 0.25) is 0 Å². The summed E-state index contributed by atoms with van der Waals surface area (Å²) >= 11 is 5.92. The van der Waals surface area contributed by atoms with Gasteiger partial charge in [0.1, 0.15) is 0 Å². The molecular formula is C12H17ClN2O. The van der Waals surface area contributed by atoms with Crippen molar-refractivity contribution < 1.29 is 4.74 Å². The summed E-state index contributed by atoms with van der Waals surface area (Å²) in [4.78, 5) is 6.45. The quantitative estimate of drug-likeness (QED) is 0.759. The Bertz CT molecular complexity index is 346. The molecule has 1 aliphatic heterocycles. The van der Waals surface area contributed by atoms with Gasteiger partial charge in [0.25, 0.3) is 0 Å². The molecule has 0 saturated carbocycles. The maximum atomic E-state index is 5.92. The van der Waals surface area contributed by atoms with Gasteiger partial charge in [-0.15, -0.1) is 11.6 Å². The van der Waals surface area contributed by atoms with Crippen LogP contribution in [-0.4, -0.2) is 30.8 Å². The minimum Gasteiger partial charge on any atom is -0.375 e. The molecule has 1 unspecified atom stereocenters. The third-order valence-corrected chi connectivity index (χ3v) is 3.24. The van der Waals surface area contributed by atoms with Gasteiger partial charge in [0, 0.05) is 36.7 Å². The highest BCUT2D eigenvalue weighted by molar-refractivity contribution is 6.17. The summed E-state index contributed by atoms with van der Waals surface area (Å²) in [6.07, 6.45) is 5.06. The molecule has 88 valence electrons. The van der Waals surface area contributed by atoms with E-state index in [9.17, 15) is 0 Å². The lowest BCUT2D eigenvalue weighted by Crippen LogP contribution is -2.42. The number of anilines is 1. The number of hydrogen-bond acceptors (Lipinski definition) is 3. The van der Waals surface area contributed by atoms with Gasteiger partial charge in [-0.3, -0.25) is 4.98 Å². The number of ether oxygens (including phenoxy) is 1. The molecule has 0 radical (unpaired) electrons. The molecule has 2 rings (SSSR count). The van der Waals surface area contributed by atoms with Crippen LogP contribution in [-0.2, 0) is 10.6 Å². The third-order valence-electron chi connectivity index (χ3n) is 2.96. The number of aromatic nitrogens is 1. The molecule has 1 fully saturated rings. The Morgan fingerprint density at radius 2 is 2.50 bits per heavy atom. The SMILES string of the molecule is CCC1CN(c2ccncc2CCl)CCO1. The van der Waals surface area contributed by atoms with Crippen LogP contribution in [0.4, 0.5) is 5.69 Å². The van der Waals surface area contributed by atoms with E-state index in [1.165, 1.54) is 5.69 Å². The Labute approximate surface area is 101 Å². The van der Waals surface area contributed by atoms with Crippen LogP contribution >= 0.6 is 11.6 Å². The normalized spacial score (nSPS) is 21.1. The average Bonchev–Trinajstić information content (AvgIpc) is 2.38. The number of alkyl halides is 1. The van der Waals surface area contributed by atoms with Gasteiger partial charge in [0.15, 0.2) is 0 Å². The van der Waals surface area contributed by atoms with Crippen molar-refractivity contribution in [2.45, 2.75) is 25.3 Å². The first-order chi connectivity index (χ1) is 7.85. The molecular weight excluding hydrogens is 224 g/mol. The van der Waals surface area contributed by atoms with E-state index < -0.39 is 0 Å². The highest BCUT2D eigenvalue weighted by Crippen LogP contribution is 2.23. The zero-order valence-corrected chi connectivity index (χ0v) is 10.3. The van der Waals surface area contributed by atoms with E-state index in [-0.39, 0.29) is 0 Å². The summed E-state index contributed by atoms with van der Waals surface area (Å²) in [5.74, 6) is 0.511. The maximum absolute atomic E-state index is 5.92. The van der Waals surface area contributed by atoms with E-state index in [1.54, 1.807) is 0 Å². The number of morpholine rings is 1. The Kier molecular flexibility index (Phi) is 4.02. The van der Waals surface area contributed by atoms with Crippen molar-refractivity contribution in [2.24, 2.45) is 0 Å².